The highest BCUT2D eigenvalue weighted by Crippen LogP contribution is 2.37. The lowest BCUT2D eigenvalue weighted by Crippen LogP contribution is -2.50. The van der Waals surface area contributed by atoms with Crippen LogP contribution in [0.1, 0.15) is 24.2 Å². The van der Waals surface area contributed by atoms with Crippen molar-refractivity contribution in [3.8, 4) is 5.75 Å². The number of carbonyl (C=O) groups is 2. The van der Waals surface area contributed by atoms with Gasteiger partial charge in [-0.2, -0.15) is 0 Å². The Labute approximate surface area is 112 Å². The molecule has 5 nitrogen and oxygen atoms in total. The van der Waals surface area contributed by atoms with Crippen molar-refractivity contribution >= 4 is 17.4 Å². The lowest BCUT2D eigenvalue weighted by molar-refractivity contribution is -0.132. The number of rotatable bonds is 3. The maximum absolute atomic E-state index is 12.1. The molecule has 0 aliphatic carbocycles. The van der Waals surface area contributed by atoms with Gasteiger partial charge in [0.05, 0.1) is 12.2 Å². The molecule has 0 radical (unpaired) electrons. The number of ketones is 1. The SMILES string of the molecule is CNCC(=O)c1ccc2c(c1)N(C)C(=O)C(C)(C)O2. The monoisotopic (exact) mass is 262 g/mol. The molecule has 1 aromatic rings. The molecule has 0 fully saturated rings. The molecule has 1 aliphatic rings. The smallest absolute Gasteiger partial charge is 0.270 e. The summed E-state index contributed by atoms with van der Waals surface area (Å²) in [6.45, 7) is 3.73. The quantitative estimate of drug-likeness (QED) is 0.832. The van der Waals surface area contributed by atoms with Crippen LogP contribution in [-0.2, 0) is 4.79 Å². The number of carbonyl (C=O) groups excluding carboxylic acids is 2. The predicted octanol–water partition coefficient (Wildman–Crippen LogP) is 1.22. The molecule has 0 aromatic heterocycles. The summed E-state index contributed by atoms with van der Waals surface area (Å²) in [5.74, 6) is 0.474. The van der Waals surface area contributed by atoms with E-state index in [-0.39, 0.29) is 18.2 Å². The number of nitrogens with zero attached hydrogens (tertiary/aromatic N) is 1. The van der Waals surface area contributed by atoms with Gasteiger partial charge in [-0.25, -0.2) is 0 Å². The molecule has 19 heavy (non-hydrogen) atoms. The summed E-state index contributed by atoms with van der Waals surface area (Å²) in [5, 5.41) is 2.82. The minimum Gasteiger partial charge on any atom is -0.476 e. The van der Waals surface area contributed by atoms with Gasteiger partial charge >= 0.3 is 0 Å². The number of hydrogen-bond donors (Lipinski definition) is 1. The van der Waals surface area contributed by atoms with Gasteiger partial charge < -0.3 is 15.0 Å². The predicted molar refractivity (Wildman–Crippen MR) is 72.8 cm³/mol. The average molecular weight is 262 g/mol. The molecule has 1 aromatic carbocycles. The van der Waals surface area contributed by atoms with Gasteiger partial charge in [-0.15, -0.1) is 0 Å². The van der Waals surface area contributed by atoms with Gasteiger partial charge in [0.1, 0.15) is 5.75 Å². The maximum Gasteiger partial charge on any atom is 0.270 e. The third kappa shape index (κ3) is 2.33. The van der Waals surface area contributed by atoms with Gasteiger partial charge in [-0.3, -0.25) is 9.59 Å². The standard InChI is InChI=1S/C14H18N2O3/c1-14(2)13(18)16(4)10-7-9(11(17)8-15-3)5-6-12(10)19-14/h5-7,15H,8H2,1-4H3. The number of likely N-dealkylation sites (N-methyl/N-ethyl adjacent to an activating group) is 2. The van der Waals surface area contributed by atoms with E-state index in [4.69, 9.17) is 4.74 Å². The molecular weight excluding hydrogens is 244 g/mol. The van der Waals surface area contributed by atoms with Gasteiger partial charge in [0.25, 0.3) is 5.91 Å². The summed E-state index contributed by atoms with van der Waals surface area (Å²) in [6.07, 6.45) is 0. The zero-order valence-corrected chi connectivity index (χ0v) is 11.6. The molecule has 1 heterocycles. The van der Waals surface area contributed by atoms with Crippen LogP contribution in [0.4, 0.5) is 5.69 Å². The fourth-order valence-electron chi connectivity index (χ4n) is 2.13. The van der Waals surface area contributed by atoms with Crippen molar-refractivity contribution in [2.24, 2.45) is 0 Å². The van der Waals surface area contributed by atoms with Crippen molar-refractivity contribution in [1.29, 1.82) is 0 Å². The summed E-state index contributed by atoms with van der Waals surface area (Å²) in [4.78, 5) is 25.5. The van der Waals surface area contributed by atoms with E-state index in [2.05, 4.69) is 5.32 Å². The summed E-state index contributed by atoms with van der Waals surface area (Å²) >= 11 is 0. The lowest BCUT2D eigenvalue weighted by atomic mass is 10.0. The van der Waals surface area contributed by atoms with E-state index in [1.165, 1.54) is 4.90 Å². The molecule has 0 saturated heterocycles. The first-order valence-corrected chi connectivity index (χ1v) is 6.16. The van der Waals surface area contributed by atoms with Crippen molar-refractivity contribution in [1.82, 2.24) is 5.32 Å². The number of amides is 1. The highest BCUT2D eigenvalue weighted by atomic mass is 16.5. The van der Waals surface area contributed by atoms with Crippen LogP contribution in [0.15, 0.2) is 18.2 Å². The maximum atomic E-state index is 12.1. The van der Waals surface area contributed by atoms with E-state index < -0.39 is 5.60 Å². The Morgan fingerprint density at radius 2 is 2.11 bits per heavy atom. The Balaban J connectivity index is 2.41. The molecular formula is C14H18N2O3. The fourth-order valence-corrected chi connectivity index (χ4v) is 2.13. The largest absolute Gasteiger partial charge is 0.476 e. The Morgan fingerprint density at radius 3 is 2.74 bits per heavy atom. The summed E-state index contributed by atoms with van der Waals surface area (Å²) < 4.78 is 5.68. The number of ether oxygens (including phenoxy) is 1. The van der Waals surface area contributed by atoms with Crippen LogP contribution in [0.3, 0.4) is 0 Å². The topological polar surface area (TPSA) is 58.6 Å². The normalized spacial score (nSPS) is 16.8. The molecule has 0 atom stereocenters. The molecule has 0 unspecified atom stereocenters. The second-order valence-corrected chi connectivity index (χ2v) is 5.11. The second kappa shape index (κ2) is 4.66. The number of nitrogens with one attached hydrogen (secondary N) is 1. The number of fused-ring (bicyclic) bond motifs is 1. The van der Waals surface area contributed by atoms with E-state index in [0.717, 1.165) is 0 Å². The Hall–Kier alpha value is -1.88. The minimum absolute atomic E-state index is 0.0176. The highest BCUT2D eigenvalue weighted by Gasteiger charge is 2.39. The highest BCUT2D eigenvalue weighted by molar-refractivity contribution is 6.04. The van der Waals surface area contributed by atoms with Crippen molar-refractivity contribution in [3.63, 3.8) is 0 Å². The molecule has 1 aliphatic heterocycles. The number of hydrogen-bond acceptors (Lipinski definition) is 4. The second-order valence-electron chi connectivity index (χ2n) is 5.11. The molecule has 102 valence electrons. The van der Waals surface area contributed by atoms with Crippen molar-refractivity contribution in [2.45, 2.75) is 19.4 Å². The fraction of sp³-hybridized carbons (Fsp3) is 0.429. The summed E-state index contributed by atoms with van der Waals surface area (Å²) in [5.41, 5.74) is 0.320. The molecule has 5 heteroatoms. The van der Waals surface area contributed by atoms with E-state index in [1.54, 1.807) is 46.1 Å². The Kier molecular flexibility index (Phi) is 3.32. The van der Waals surface area contributed by atoms with E-state index in [1.807, 2.05) is 0 Å². The zero-order valence-electron chi connectivity index (χ0n) is 11.6. The zero-order chi connectivity index (χ0) is 14.2. The third-order valence-electron chi connectivity index (χ3n) is 3.16. The van der Waals surface area contributed by atoms with Crippen molar-refractivity contribution in [2.75, 3.05) is 25.5 Å². The van der Waals surface area contributed by atoms with E-state index in [0.29, 0.717) is 17.0 Å². The summed E-state index contributed by atoms with van der Waals surface area (Å²) in [6, 6.07) is 5.16. The van der Waals surface area contributed by atoms with Crippen LogP contribution in [0.25, 0.3) is 0 Å². The first-order chi connectivity index (χ1) is 8.86. The number of Topliss-reactive ketones (excluding diaryl/α,β-unsaturated/α-hetero) is 1. The van der Waals surface area contributed by atoms with Gasteiger partial charge in [0, 0.05) is 12.6 Å². The molecule has 1 N–H and O–H groups in total. The van der Waals surface area contributed by atoms with Crippen molar-refractivity contribution in [3.05, 3.63) is 23.8 Å². The van der Waals surface area contributed by atoms with Gasteiger partial charge in [-0.05, 0) is 39.1 Å². The summed E-state index contributed by atoms with van der Waals surface area (Å²) in [7, 11) is 3.41. The van der Waals surface area contributed by atoms with Crippen LogP contribution in [0.2, 0.25) is 0 Å². The van der Waals surface area contributed by atoms with Gasteiger partial charge in [0.2, 0.25) is 0 Å². The molecule has 0 spiro atoms. The average Bonchev–Trinajstić information content (AvgIpc) is 2.36. The first-order valence-electron chi connectivity index (χ1n) is 6.16. The van der Waals surface area contributed by atoms with Crippen LogP contribution in [0, 0.1) is 0 Å². The third-order valence-corrected chi connectivity index (χ3v) is 3.16. The molecule has 2 rings (SSSR count). The van der Waals surface area contributed by atoms with Gasteiger partial charge in [0.15, 0.2) is 11.4 Å². The minimum atomic E-state index is -0.877. The molecule has 0 saturated carbocycles. The first kappa shape index (κ1) is 13.5. The van der Waals surface area contributed by atoms with Crippen LogP contribution >= 0.6 is 0 Å². The van der Waals surface area contributed by atoms with Crippen LogP contribution < -0.4 is 15.0 Å². The van der Waals surface area contributed by atoms with E-state index in [9.17, 15) is 9.59 Å². The number of benzene rings is 1. The van der Waals surface area contributed by atoms with Crippen LogP contribution in [0.5, 0.6) is 5.75 Å². The lowest BCUT2D eigenvalue weighted by Gasteiger charge is -2.37. The van der Waals surface area contributed by atoms with Crippen LogP contribution in [-0.4, -0.2) is 37.9 Å². The molecule has 0 bridgehead atoms. The van der Waals surface area contributed by atoms with E-state index >= 15 is 0 Å². The number of anilines is 1. The Bertz CT molecular complexity index is 537. The Morgan fingerprint density at radius 1 is 1.42 bits per heavy atom. The molecule has 1 amide bonds. The van der Waals surface area contributed by atoms with Crippen molar-refractivity contribution < 1.29 is 14.3 Å². The van der Waals surface area contributed by atoms with Gasteiger partial charge in [-0.1, -0.05) is 0 Å².